The zero-order valence-corrected chi connectivity index (χ0v) is 13.5. The standard InChI is InChI=1S/C19H17FN4O/c20-14-8-6-12(7-9-14)18(16-5-2-10-25-16)24-19-22-15-4-1-3-13(11-21)17(15)23-19/h1,3-4,6-9,16,18H,2,5,10H2,(H2,22,23,24). The van der Waals surface area contributed by atoms with E-state index in [2.05, 4.69) is 21.4 Å². The van der Waals surface area contributed by atoms with E-state index in [-0.39, 0.29) is 18.0 Å². The van der Waals surface area contributed by atoms with Crippen molar-refractivity contribution in [2.24, 2.45) is 0 Å². The lowest BCUT2D eigenvalue weighted by Gasteiger charge is -2.24. The van der Waals surface area contributed by atoms with Crippen LogP contribution < -0.4 is 5.32 Å². The van der Waals surface area contributed by atoms with Crippen molar-refractivity contribution >= 4 is 17.0 Å². The number of rotatable bonds is 4. The SMILES string of the molecule is N#Cc1cccc2[nH]c(NC(c3ccc(F)cc3)C3CCCO3)nc12. The van der Waals surface area contributed by atoms with Crippen molar-refractivity contribution in [3.05, 3.63) is 59.4 Å². The highest BCUT2D eigenvalue weighted by Gasteiger charge is 2.28. The molecule has 2 N–H and O–H groups in total. The molecule has 0 amide bonds. The van der Waals surface area contributed by atoms with Crippen LogP contribution in [-0.4, -0.2) is 22.7 Å². The molecule has 6 heteroatoms. The number of nitriles is 1. The summed E-state index contributed by atoms with van der Waals surface area (Å²) < 4.78 is 19.1. The van der Waals surface area contributed by atoms with Gasteiger partial charge in [0.15, 0.2) is 0 Å². The molecule has 2 unspecified atom stereocenters. The minimum absolute atomic E-state index is 0.00545. The molecule has 1 aliphatic rings. The molecule has 2 heterocycles. The van der Waals surface area contributed by atoms with Gasteiger partial charge in [-0.25, -0.2) is 9.37 Å². The number of H-pyrrole nitrogens is 1. The van der Waals surface area contributed by atoms with Crippen LogP contribution in [0.4, 0.5) is 10.3 Å². The van der Waals surface area contributed by atoms with Gasteiger partial charge in [0.1, 0.15) is 17.4 Å². The lowest BCUT2D eigenvalue weighted by Crippen LogP contribution is -2.25. The summed E-state index contributed by atoms with van der Waals surface area (Å²) in [6, 6.07) is 13.9. The van der Waals surface area contributed by atoms with Gasteiger partial charge in [0, 0.05) is 6.61 Å². The number of ether oxygens (including phenoxy) is 1. The topological polar surface area (TPSA) is 73.7 Å². The van der Waals surface area contributed by atoms with Crippen molar-refractivity contribution in [2.75, 3.05) is 11.9 Å². The molecule has 25 heavy (non-hydrogen) atoms. The Labute approximate surface area is 144 Å². The molecule has 2 atom stereocenters. The van der Waals surface area contributed by atoms with Crippen LogP contribution in [0.5, 0.6) is 0 Å². The van der Waals surface area contributed by atoms with Crippen LogP contribution in [0, 0.1) is 17.1 Å². The Morgan fingerprint density at radius 2 is 2.12 bits per heavy atom. The molecule has 0 saturated carbocycles. The van der Waals surface area contributed by atoms with E-state index >= 15 is 0 Å². The first-order valence-corrected chi connectivity index (χ1v) is 8.27. The fraction of sp³-hybridized carbons (Fsp3) is 0.263. The molecule has 2 aromatic carbocycles. The van der Waals surface area contributed by atoms with Gasteiger partial charge >= 0.3 is 0 Å². The average molecular weight is 336 g/mol. The molecule has 126 valence electrons. The summed E-state index contributed by atoms with van der Waals surface area (Å²) in [7, 11) is 0. The number of halogens is 1. The Hall–Kier alpha value is -2.91. The van der Waals surface area contributed by atoms with E-state index in [1.165, 1.54) is 12.1 Å². The molecular weight excluding hydrogens is 319 g/mol. The van der Waals surface area contributed by atoms with Crippen molar-refractivity contribution in [3.8, 4) is 6.07 Å². The first-order valence-electron chi connectivity index (χ1n) is 8.27. The Morgan fingerprint density at radius 1 is 1.28 bits per heavy atom. The quantitative estimate of drug-likeness (QED) is 0.758. The number of anilines is 1. The summed E-state index contributed by atoms with van der Waals surface area (Å²) in [5.74, 6) is 0.305. The van der Waals surface area contributed by atoms with Gasteiger partial charge in [0.25, 0.3) is 0 Å². The van der Waals surface area contributed by atoms with E-state index in [9.17, 15) is 9.65 Å². The average Bonchev–Trinajstić information content (AvgIpc) is 3.29. The molecule has 1 fully saturated rings. The molecule has 0 radical (unpaired) electrons. The van der Waals surface area contributed by atoms with Crippen LogP contribution in [0.25, 0.3) is 11.0 Å². The predicted molar refractivity (Wildman–Crippen MR) is 92.5 cm³/mol. The summed E-state index contributed by atoms with van der Waals surface area (Å²) in [6.45, 7) is 0.725. The first kappa shape index (κ1) is 15.6. The monoisotopic (exact) mass is 336 g/mol. The fourth-order valence-electron chi connectivity index (χ4n) is 3.26. The molecule has 1 saturated heterocycles. The highest BCUT2D eigenvalue weighted by Crippen LogP contribution is 2.30. The lowest BCUT2D eigenvalue weighted by molar-refractivity contribution is 0.0952. The van der Waals surface area contributed by atoms with Crippen LogP contribution in [0.15, 0.2) is 42.5 Å². The number of aromatic amines is 1. The molecule has 0 spiro atoms. The van der Waals surface area contributed by atoms with Gasteiger partial charge in [-0.2, -0.15) is 5.26 Å². The third kappa shape index (κ3) is 3.06. The largest absolute Gasteiger partial charge is 0.376 e. The Kier molecular flexibility index (Phi) is 4.08. The normalized spacial score (nSPS) is 18.2. The van der Waals surface area contributed by atoms with Gasteiger partial charge in [-0.05, 0) is 42.7 Å². The van der Waals surface area contributed by atoms with Gasteiger partial charge < -0.3 is 15.0 Å². The summed E-state index contributed by atoms with van der Waals surface area (Å²) >= 11 is 0. The van der Waals surface area contributed by atoms with E-state index in [1.54, 1.807) is 18.2 Å². The molecule has 1 aromatic heterocycles. The van der Waals surface area contributed by atoms with Crippen molar-refractivity contribution in [1.82, 2.24) is 9.97 Å². The number of benzene rings is 2. The summed E-state index contributed by atoms with van der Waals surface area (Å²) in [6.07, 6.45) is 1.93. The van der Waals surface area contributed by atoms with Crippen molar-refractivity contribution in [2.45, 2.75) is 25.0 Å². The van der Waals surface area contributed by atoms with Gasteiger partial charge in [0.05, 0.1) is 23.2 Å². The smallest absolute Gasteiger partial charge is 0.201 e. The molecule has 0 aliphatic carbocycles. The third-order valence-corrected chi connectivity index (χ3v) is 4.49. The zero-order chi connectivity index (χ0) is 17.2. The number of hydrogen-bond acceptors (Lipinski definition) is 4. The second-order valence-electron chi connectivity index (χ2n) is 6.12. The summed E-state index contributed by atoms with van der Waals surface area (Å²) in [4.78, 5) is 7.72. The number of para-hydroxylation sites is 1. The molecule has 3 aromatic rings. The molecule has 0 bridgehead atoms. The maximum Gasteiger partial charge on any atom is 0.201 e. The van der Waals surface area contributed by atoms with Gasteiger partial charge in [-0.1, -0.05) is 18.2 Å². The molecule has 5 nitrogen and oxygen atoms in total. The third-order valence-electron chi connectivity index (χ3n) is 4.49. The van der Waals surface area contributed by atoms with Crippen LogP contribution in [-0.2, 0) is 4.74 Å². The molecular formula is C19H17FN4O. The van der Waals surface area contributed by atoms with Crippen LogP contribution in [0.2, 0.25) is 0 Å². The van der Waals surface area contributed by atoms with E-state index in [1.807, 2.05) is 12.1 Å². The van der Waals surface area contributed by atoms with Gasteiger partial charge in [0.2, 0.25) is 5.95 Å². The minimum atomic E-state index is -0.266. The first-order chi connectivity index (χ1) is 12.2. The van der Waals surface area contributed by atoms with Crippen LogP contribution in [0.1, 0.15) is 30.0 Å². The van der Waals surface area contributed by atoms with Crippen molar-refractivity contribution < 1.29 is 9.13 Å². The number of imidazole rings is 1. The lowest BCUT2D eigenvalue weighted by atomic mass is 9.99. The maximum atomic E-state index is 13.3. The van der Waals surface area contributed by atoms with Crippen molar-refractivity contribution in [1.29, 1.82) is 5.26 Å². The number of nitrogens with zero attached hydrogens (tertiary/aromatic N) is 2. The predicted octanol–water partition coefficient (Wildman–Crippen LogP) is 3.91. The highest BCUT2D eigenvalue weighted by atomic mass is 19.1. The second-order valence-corrected chi connectivity index (χ2v) is 6.12. The van der Waals surface area contributed by atoms with Crippen LogP contribution in [0.3, 0.4) is 0 Å². The molecule has 1 aliphatic heterocycles. The van der Waals surface area contributed by atoms with E-state index < -0.39 is 0 Å². The van der Waals surface area contributed by atoms with E-state index in [0.29, 0.717) is 17.0 Å². The zero-order valence-electron chi connectivity index (χ0n) is 13.5. The maximum absolute atomic E-state index is 13.3. The van der Waals surface area contributed by atoms with E-state index in [4.69, 9.17) is 4.74 Å². The Morgan fingerprint density at radius 3 is 2.84 bits per heavy atom. The number of fused-ring (bicyclic) bond motifs is 1. The van der Waals surface area contributed by atoms with Crippen molar-refractivity contribution in [3.63, 3.8) is 0 Å². The minimum Gasteiger partial charge on any atom is -0.376 e. The summed E-state index contributed by atoms with van der Waals surface area (Å²) in [5.41, 5.74) is 2.90. The van der Waals surface area contributed by atoms with Gasteiger partial charge in [-0.15, -0.1) is 0 Å². The van der Waals surface area contributed by atoms with E-state index in [0.717, 1.165) is 30.5 Å². The number of aromatic nitrogens is 2. The van der Waals surface area contributed by atoms with Gasteiger partial charge in [-0.3, -0.25) is 0 Å². The number of hydrogen-bond donors (Lipinski definition) is 2. The number of nitrogens with one attached hydrogen (secondary N) is 2. The highest BCUT2D eigenvalue weighted by molar-refractivity contribution is 5.83. The van der Waals surface area contributed by atoms with Crippen LogP contribution >= 0.6 is 0 Å². The Bertz CT molecular complexity index is 923. The summed E-state index contributed by atoms with van der Waals surface area (Å²) in [5, 5.41) is 12.6. The Balaban J connectivity index is 1.68. The second kappa shape index (κ2) is 6.54. The molecule has 4 rings (SSSR count). The fourth-order valence-corrected chi connectivity index (χ4v) is 3.26.